The molecule has 2 aromatic heterocycles. The highest BCUT2D eigenvalue weighted by atomic mass is 32.2. The zero-order valence-corrected chi connectivity index (χ0v) is 11.2. The molecule has 21 heavy (non-hydrogen) atoms. The van der Waals surface area contributed by atoms with Gasteiger partial charge in [-0.1, -0.05) is 11.3 Å². The van der Waals surface area contributed by atoms with Crippen LogP contribution in [0, 0.1) is 0 Å². The van der Waals surface area contributed by atoms with E-state index in [1.165, 1.54) is 6.20 Å². The van der Waals surface area contributed by atoms with Crippen LogP contribution in [0.15, 0.2) is 24.4 Å². The van der Waals surface area contributed by atoms with Crippen molar-refractivity contribution in [3.8, 4) is 11.4 Å². The predicted molar refractivity (Wildman–Crippen MR) is 68.7 cm³/mol. The Balaban J connectivity index is 2.28. The van der Waals surface area contributed by atoms with Crippen molar-refractivity contribution in [3.05, 3.63) is 30.1 Å². The van der Waals surface area contributed by atoms with E-state index in [0.717, 1.165) is 4.68 Å². The van der Waals surface area contributed by atoms with Gasteiger partial charge in [0.1, 0.15) is 5.69 Å². The summed E-state index contributed by atoms with van der Waals surface area (Å²) in [6.45, 7) is -0.129. The first-order valence-electron chi connectivity index (χ1n) is 5.67. The van der Waals surface area contributed by atoms with Crippen molar-refractivity contribution >= 4 is 17.7 Å². The SMILES string of the molecule is O=C(O)c1nnn(CCSC(F)(F)F)c1-c1ccccn1. The number of carboxylic acids is 1. The molecule has 0 atom stereocenters. The molecular formula is C11H9F3N4O2S. The Morgan fingerprint density at radius 1 is 1.38 bits per heavy atom. The van der Waals surface area contributed by atoms with Crippen molar-refractivity contribution < 1.29 is 23.1 Å². The highest BCUT2D eigenvalue weighted by Gasteiger charge is 2.28. The molecular weight excluding hydrogens is 309 g/mol. The monoisotopic (exact) mass is 318 g/mol. The van der Waals surface area contributed by atoms with E-state index in [-0.39, 0.29) is 41.1 Å². The lowest BCUT2D eigenvalue weighted by Gasteiger charge is -2.08. The minimum atomic E-state index is -4.35. The van der Waals surface area contributed by atoms with Crippen molar-refractivity contribution in [2.45, 2.75) is 12.1 Å². The first-order chi connectivity index (χ1) is 9.88. The molecule has 1 N–H and O–H groups in total. The molecule has 0 saturated carbocycles. The molecule has 0 unspecified atom stereocenters. The van der Waals surface area contributed by atoms with Crippen LogP contribution in [-0.4, -0.2) is 42.3 Å². The number of thioether (sulfide) groups is 1. The summed E-state index contributed by atoms with van der Waals surface area (Å²) in [5.41, 5.74) is -4.31. The lowest BCUT2D eigenvalue weighted by Crippen LogP contribution is -2.10. The Kier molecular flexibility index (Phi) is 4.46. The molecule has 0 aliphatic rings. The van der Waals surface area contributed by atoms with E-state index >= 15 is 0 Å². The number of pyridine rings is 1. The van der Waals surface area contributed by atoms with Gasteiger partial charge in [-0.3, -0.25) is 4.98 Å². The molecule has 6 nitrogen and oxygen atoms in total. The molecule has 0 amide bonds. The predicted octanol–water partition coefficient (Wildman–Crippen LogP) is 2.29. The summed E-state index contributed by atoms with van der Waals surface area (Å²) in [7, 11) is 0. The van der Waals surface area contributed by atoms with Crippen LogP contribution in [-0.2, 0) is 6.54 Å². The number of hydrogen-bond donors (Lipinski definition) is 1. The standard InChI is InChI=1S/C11H9F3N4O2S/c12-11(13,14)21-6-5-18-9(7-3-1-2-4-15-7)8(10(19)20)16-17-18/h1-4H,5-6H2,(H,19,20). The lowest BCUT2D eigenvalue weighted by atomic mass is 10.2. The van der Waals surface area contributed by atoms with Crippen LogP contribution in [0.5, 0.6) is 0 Å². The van der Waals surface area contributed by atoms with Crippen LogP contribution in [0.2, 0.25) is 0 Å². The molecule has 10 heteroatoms. The minimum Gasteiger partial charge on any atom is -0.476 e. The molecule has 0 aromatic carbocycles. The van der Waals surface area contributed by atoms with Crippen molar-refractivity contribution in [3.63, 3.8) is 0 Å². The second kappa shape index (κ2) is 6.12. The number of aromatic carboxylic acids is 1. The fourth-order valence-corrected chi connectivity index (χ4v) is 2.11. The van der Waals surface area contributed by atoms with Gasteiger partial charge in [0, 0.05) is 11.9 Å². The first kappa shape index (κ1) is 15.3. The van der Waals surface area contributed by atoms with Gasteiger partial charge >= 0.3 is 11.5 Å². The lowest BCUT2D eigenvalue weighted by molar-refractivity contribution is -0.0328. The van der Waals surface area contributed by atoms with Gasteiger partial charge in [-0.15, -0.1) is 5.10 Å². The maximum absolute atomic E-state index is 12.1. The zero-order valence-electron chi connectivity index (χ0n) is 10.4. The van der Waals surface area contributed by atoms with Gasteiger partial charge in [0.05, 0.1) is 12.2 Å². The van der Waals surface area contributed by atoms with E-state index in [2.05, 4.69) is 15.3 Å². The fourth-order valence-electron chi connectivity index (χ4n) is 1.62. The average molecular weight is 318 g/mol. The molecule has 0 bridgehead atoms. The fraction of sp³-hybridized carbons (Fsp3) is 0.273. The Labute approximate surface area is 121 Å². The summed E-state index contributed by atoms with van der Waals surface area (Å²) in [5.74, 6) is -1.61. The van der Waals surface area contributed by atoms with Crippen LogP contribution >= 0.6 is 11.8 Å². The Bertz CT molecular complexity index is 630. The van der Waals surface area contributed by atoms with Crippen molar-refractivity contribution in [2.24, 2.45) is 0 Å². The summed E-state index contributed by atoms with van der Waals surface area (Å²) in [4.78, 5) is 15.1. The van der Waals surface area contributed by atoms with Crippen molar-refractivity contribution in [2.75, 3.05) is 5.75 Å². The number of nitrogens with zero attached hydrogens (tertiary/aromatic N) is 4. The molecule has 2 aromatic rings. The van der Waals surface area contributed by atoms with E-state index in [0.29, 0.717) is 0 Å². The van der Waals surface area contributed by atoms with Gasteiger partial charge in [0.15, 0.2) is 5.69 Å². The molecule has 0 fully saturated rings. The van der Waals surface area contributed by atoms with Gasteiger partial charge in [0.2, 0.25) is 0 Å². The third-order valence-corrected chi connectivity index (χ3v) is 3.13. The van der Waals surface area contributed by atoms with Crippen LogP contribution in [0.25, 0.3) is 11.4 Å². The third-order valence-electron chi connectivity index (χ3n) is 2.41. The number of hydrogen-bond acceptors (Lipinski definition) is 5. The van der Waals surface area contributed by atoms with Crippen molar-refractivity contribution in [1.82, 2.24) is 20.0 Å². The largest absolute Gasteiger partial charge is 0.476 e. The molecule has 0 radical (unpaired) electrons. The highest BCUT2D eigenvalue weighted by Crippen LogP contribution is 2.30. The summed E-state index contributed by atoms with van der Waals surface area (Å²) < 4.78 is 37.5. The molecule has 0 aliphatic carbocycles. The third kappa shape index (κ3) is 3.94. The smallest absolute Gasteiger partial charge is 0.441 e. The number of carbonyl (C=O) groups is 1. The molecule has 0 aliphatic heterocycles. The second-order valence-corrected chi connectivity index (χ2v) is 4.98. The molecule has 2 heterocycles. The normalized spacial score (nSPS) is 11.6. The number of aromatic nitrogens is 4. The number of halogens is 3. The maximum atomic E-state index is 12.1. The topological polar surface area (TPSA) is 80.9 Å². The van der Waals surface area contributed by atoms with E-state index < -0.39 is 11.5 Å². The Hall–Kier alpha value is -2.10. The minimum absolute atomic E-state index is 0.0888. The first-order valence-corrected chi connectivity index (χ1v) is 6.66. The van der Waals surface area contributed by atoms with Crippen molar-refractivity contribution in [1.29, 1.82) is 0 Å². The quantitative estimate of drug-likeness (QED) is 0.911. The molecule has 112 valence electrons. The van der Waals surface area contributed by atoms with Crippen LogP contribution < -0.4 is 0 Å². The number of aryl methyl sites for hydroxylation is 1. The van der Waals surface area contributed by atoms with Crippen LogP contribution in [0.1, 0.15) is 10.5 Å². The average Bonchev–Trinajstić information content (AvgIpc) is 2.82. The van der Waals surface area contributed by atoms with E-state index in [1.807, 2.05) is 0 Å². The van der Waals surface area contributed by atoms with Gasteiger partial charge in [-0.25, -0.2) is 9.48 Å². The van der Waals surface area contributed by atoms with Gasteiger partial charge in [-0.05, 0) is 23.9 Å². The number of carboxylic acid groups (broad SMARTS) is 1. The summed E-state index contributed by atoms with van der Waals surface area (Å²) in [5, 5.41) is 16.2. The Morgan fingerprint density at radius 2 is 2.14 bits per heavy atom. The second-order valence-electron chi connectivity index (χ2n) is 3.82. The molecule has 2 rings (SSSR count). The molecule has 0 spiro atoms. The van der Waals surface area contributed by atoms with E-state index in [1.54, 1.807) is 18.2 Å². The number of alkyl halides is 3. The van der Waals surface area contributed by atoms with Gasteiger partial charge < -0.3 is 5.11 Å². The summed E-state index contributed by atoms with van der Waals surface area (Å²) in [6, 6.07) is 4.81. The maximum Gasteiger partial charge on any atom is 0.441 e. The van der Waals surface area contributed by atoms with Crippen LogP contribution in [0.4, 0.5) is 13.2 Å². The number of rotatable bonds is 5. The summed E-state index contributed by atoms with van der Waals surface area (Å²) >= 11 is -0.206. The van der Waals surface area contributed by atoms with Crippen LogP contribution in [0.3, 0.4) is 0 Å². The van der Waals surface area contributed by atoms with Gasteiger partial charge in [0.25, 0.3) is 0 Å². The zero-order chi connectivity index (χ0) is 15.5. The van der Waals surface area contributed by atoms with E-state index in [4.69, 9.17) is 5.11 Å². The molecule has 0 saturated heterocycles. The van der Waals surface area contributed by atoms with E-state index in [9.17, 15) is 18.0 Å². The summed E-state index contributed by atoms with van der Waals surface area (Å²) in [6.07, 6.45) is 1.45. The van der Waals surface area contributed by atoms with Gasteiger partial charge in [-0.2, -0.15) is 13.2 Å². The highest BCUT2D eigenvalue weighted by molar-refractivity contribution is 8.00. The Morgan fingerprint density at radius 3 is 2.71 bits per heavy atom.